The van der Waals surface area contributed by atoms with E-state index in [0.717, 1.165) is 5.56 Å². The van der Waals surface area contributed by atoms with Gasteiger partial charge in [-0.05, 0) is 85.1 Å². The number of carbonyl (C=O) groups is 1. The van der Waals surface area contributed by atoms with Gasteiger partial charge in [0.05, 0.1) is 42.0 Å². The molecule has 0 bridgehead atoms. The number of methoxy groups -OCH3 is 1. The molecular formula is C44H38ClFN4O8S. The quantitative estimate of drug-likeness (QED) is 0.0894. The first-order valence-electron chi connectivity index (χ1n) is 18.5. The van der Waals surface area contributed by atoms with Gasteiger partial charge in [0.2, 0.25) is 12.0 Å². The van der Waals surface area contributed by atoms with E-state index in [2.05, 4.69) is 15.0 Å². The van der Waals surface area contributed by atoms with Gasteiger partial charge in [0.25, 0.3) is 0 Å². The van der Waals surface area contributed by atoms with Gasteiger partial charge >= 0.3 is 5.97 Å². The average molecular weight is 837 g/mol. The van der Waals surface area contributed by atoms with Crippen LogP contribution in [0, 0.1) is 12.7 Å². The van der Waals surface area contributed by atoms with Crippen LogP contribution in [0.5, 0.6) is 28.9 Å². The van der Waals surface area contributed by atoms with Crippen LogP contribution in [0.1, 0.15) is 23.7 Å². The molecule has 1 atom stereocenters. The molecule has 7 rings (SSSR count). The zero-order valence-electron chi connectivity index (χ0n) is 32.1. The summed E-state index contributed by atoms with van der Waals surface area (Å²) in [5.41, 5.74) is 4.37. The third kappa shape index (κ3) is 9.04. The SMILES string of the molecule is CCOC(=O)[C@@H](Cc1cc(OCCO)ccc1OCc1ccnc(-c2ccccc2OC)n1)Oc1ncnc2sc(-c3ccc(F)cc3)c(-c3ccc(O)c(Cl)c3C)c12. The number of phenols is 1. The summed E-state index contributed by atoms with van der Waals surface area (Å²) in [4.78, 5) is 33.3. The fourth-order valence-electron chi connectivity index (χ4n) is 6.44. The van der Waals surface area contributed by atoms with Crippen molar-refractivity contribution in [3.63, 3.8) is 0 Å². The Bertz CT molecular complexity index is 2610. The van der Waals surface area contributed by atoms with Crippen molar-refractivity contribution in [3.05, 3.63) is 125 Å². The zero-order chi connectivity index (χ0) is 41.5. The van der Waals surface area contributed by atoms with Crippen LogP contribution in [0.4, 0.5) is 4.39 Å². The van der Waals surface area contributed by atoms with Crippen LogP contribution >= 0.6 is 22.9 Å². The Morgan fingerprint density at radius 3 is 2.54 bits per heavy atom. The number of rotatable bonds is 16. The number of fused-ring (bicyclic) bond motifs is 1. The highest BCUT2D eigenvalue weighted by Gasteiger charge is 2.29. The molecule has 0 spiro atoms. The van der Waals surface area contributed by atoms with E-state index >= 15 is 0 Å². The lowest BCUT2D eigenvalue weighted by atomic mass is 9.96. The van der Waals surface area contributed by atoms with Crippen molar-refractivity contribution >= 4 is 39.1 Å². The van der Waals surface area contributed by atoms with Crippen molar-refractivity contribution < 1.29 is 43.1 Å². The molecule has 0 saturated carbocycles. The minimum absolute atomic E-state index is 0.0427. The van der Waals surface area contributed by atoms with Gasteiger partial charge in [0.1, 0.15) is 53.2 Å². The normalized spacial score (nSPS) is 11.6. The van der Waals surface area contributed by atoms with Gasteiger partial charge in [-0.1, -0.05) is 41.9 Å². The first-order valence-corrected chi connectivity index (χ1v) is 19.7. The van der Waals surface area contributed by atoms with Gasteiger partial charge in [-0.2, -0.15) is 0 Å². The molecule has 0 unspecified atom stereocenters. The van der Waals surface area contributed by atoms with E-state index in [1.807, 2.05) is 24.3 Å². The summed E-state index contributed by atoms with van der Waals surface area (Å²) in [7, 11) is 1.58. The minimum Gasteiger partial charge on any atom is -0.506 e. The molecule has 302 valence electrons. The maximum atomic E-state index is 14.1. The summed E-state index contributed by atoms with van der Waals surface area (Å²) in [5, 5.41) is 20.5. The fourth-order valence-corrected chi connectivity index (χ4v) is 7.76. The Morgan fingerprint density at radius 1 is 0.949 bits per heavy atom. The maximum Gasteiger partial charge on any atom is 0.347 e. The number of aliphatic hydroxyl groups excluding tert-OH is 1. The Kier molecular flexibility index (Phi) is 12.8. The van der Waals surface area contributed by atoms with E-state index in [0.29, 0.717) is 71.7 Å². The molecule has 0 fully saturated rings. The van der Waals surface area contributed by atoms with E-state index < -0.39 is 17.9 Å². The predicted octanol–water partition coefficient (Wildman–Crippen LogP) is 8.80. The number of carbonyl (C=O) groups excluding carboxylic acids is 1. The second-order valence-corrected chi connectivity index (χ2v) is 14.4. The van der Waals surface area contributed by atoms with E-state index in [1.165, 1.54) is 35.9 Å². The molecule has 3 aromatic heterocycles. The summed E-state index contributed by atoms with van der Waals surface area (Å²) in [6, 6.07) is 23.5. The molecule has 59 heavy (non-hydrogen) atoms. The van der Waals surface area contributed by atoms with Crippen LogP contribution < -0.4 is 18.9 Å². The van der Waals surface area contributed by atoms with Crippen LogP contribution in [0.3, 0.4) is 0 Å². The van der Waals surface area contributed by atoms with Crippen molar-refractivity contribution in [2.24, 2.45) is 0 Å². The number of hydrogen-bond donors (Lipinski definition) is 2. The fraction of sp³-hybridized carbons (Fsp3) is 0.205. The third-order valence-corrected chi connectivity index (χ3v) is 10.9. The molecule has 0 radical (unpaired) electrons. The number of para-hydroxylation sites is 1. The summed E-state index contributed by atoms with van der Waals surface area (Å²) in [6.45, 7) is 3.43. The molecule has 0 aliphatic rings. The van der Waals surface area contributed by atoms with Crippen LogP contribution in [-0.4, -0.2) is 69.2 Å². The van der Waals surface area contributed by atoms with E-state index in [4.69, 9.17) is 40.3 Å². The lowest BCUT2D eigenvalue weighted by Crippen LogP contribution is -2.32. The van der Waals surface area contributed by atoms with Gasteiger partial charge in [0, 0.05) is 28.6 Å². The smallest absolute Gasteiger partial charge is 0.347 e. The Labute approximate surface area is 347 Å². The van der Waals surface area contributed by atoms with Crippen LogP contribution in [-0.2, 0) is 22.6 Å². The van der Waals surface area contributed by atoms with E-state index in [1.54, 1.807) is 69.6 Å². The van der Waals surface area contributed by atoms with Crippen LogP contribution in [0.2, 0.25) is 5.02 Å². The lowest BCUT2D eigenvalue weighted by Gasteiger charge is -2.20. The van der Waals surface area contributed by atoms with E-state index in [-0.39, 0.29) is 49.5 Å². The van der Waals surface area contributed by atoms with Crippen molar-refractivity contribution in [2.75, 3.05) is 26.9 Å². The summed E-state index contributed by atoms with van der Waals surface area (Å²) >= 11 is 7.89. The molecule has 2 N–H and O–H groups in total. The predicted molar refractivity (Wildman–Crippen MR) is 222 cm³/mol. The molecule has 3 heterocycles. The Morgan fingerprint density at radius 2 is 1.76 bits per heavy atom. The van der Waals surface area contributed by atoms with Crippen molar-refractivity contribution in [2.45, 2.75) is 33.0 Å². The second-order valence-electron chi connectivity index (χ2n) is 13.0. The maximum absolute atomic E-state index is 14.1. The van der Waals surface area contributed by atoms with E-state index in [9.17, 15) is 19.4 Å². The highest BCUT2D eigenvalue weighted by Crippen LogP contribution is 2.49. The zero-order valence-corrected chi connectivity index (χ0v) is 33.7. The molecule has 0 aliphatic carbocycles. The van der Waals surface area contributed by atoms with Gasteiger partial charge in [-0.25, -0.2) is 29.1 Å². The molecule has 15 heteroatoms. The second kappa shape index (κ2) is 18.5. The largest absolute Gasteiger partial charge is 0.506 e. The number of thiophene rings is 1. The standard InChI is InChI=1S/C44H38ClFN4O8S/c1-4-55-44(53)36(22-27-21-30(56-20-19-51)13-16-34(27)57-23-29-17-18-47-41(50-29)32-7-5-6-8-35(32)54-3)58-42-38-37(31-14-15-33(52)39(45)25(31)2)40(59-43(38)49-24-48-42)26-9-11-28(46)12-10-26/h5-18,21,24,36,51-52H,4,19-20,22-23H2,1-3H3/t36-/m1/s1. The first-order chi connectivity index (χ1) is 28.7. The Hall–Kier alpha value is -6.35. The number of phenolic OH excluding ortho intramolecular Hbond substituents is 1. The number of halogens is 2. The van der Waals surface area contributed by atoms with Gasteiger partial charge < -0.3 is 33.9 Å². The number of nitrogens with zero attached hydrogens (tertiary/aromatic N) is 4. The van der Waals surface area contributed by atoms with Crippen molar-refractivity contribution in [1.29, 1.82) is 0 Å². The van der Waals surface area contributed by atoms with Gasteiger partial charge in [-0.3, -0.25) is 0 Å². The van der Waals surface area contributed by atoms with Gasteiger partial charge in [-0.15, -0.1) is 11.3 Å². The molecule has 0 aliphatic heterocycles. The molecule has 7 aromatic rings. The third-order valence-electron chi connectivity index (χ3n) is 9.23. The highest BCUT2D eigenvalue weighted by molar-refractivity contribution is 7.22. The molecule has 12 nitrogen and oxygen atoms in total. The summed E-state index contributed by atoms with van der Waals surface area (Å²) < 4.78 is 43.8. The molecule has 0 amide bonds. The average Bonchev–Trinajstić information content (AvgIpc) is 3.65. The van der Waals surface area contributed by atoms with Crippen molar-refractivity contribution in [1.82, 2.24) is 19.9 Å². The summed E-state index contributed by atoms with van der Waals surface area (Å²) in [6.07, 6.45) is 1.66. The van der Waals surface area contributed by atoms with Crippen molar-refractivity contribution in [3.8, 4) is 61.8 Å². The monoisotopic (exact) mass is 836 g/mol. The number of ether oxygens (including phenoxy) is 5. The Balaban J connectivity index is 1.28. The summed E-state index contributed by atoms with van der Waals surface area (Å²) in [5.74, 6) is 0.853. The highest BCUT2D eigenvalue weighted by atomic mass is 35.5. The molecule has 4 aromatic carbocycles. The molecular weight excluding hydrogens is 799 g/mol. The number of benzene rings is 4. The van der Waals surface area contributed by atoms with Crippen LogP contribution in [0.15, 0.2) is 97.5 Å². The molecule has 0 saturated heterocycles. The minimum atomic E-state index is -1.26. The lowest BCUT2D eigenvalue weighted by molar-refractivity contribution is -0.151. The van der Waals surface area contributed by atoms with Crippen LogP contribution in [0.25, 0.3) is 43.2 Å². The topological polar surface area (TPSA) is 155 Å². The number of aromatic hydroxyl groups is 1. The first kappa shape index (κ1) is 40.8. The number of aromatic nitrogens is 4. The number of hydrogen-bond acceptors (Lipinski definition) is 13. The number of aliphatic hydroxyl groups is 1. The van der Waals surface area contributed by atoms with Gasteiger partial charge in [0.15, 0.2) is 5.82 Å². The number of esters is 1.